The van der Waals surface area contributed by atoms with Crippen molar-refractivity contribution in [3.05, 3.63) is 96.0 Å². The summed E-state index contributed by atoms with van der Waals surface area (Å²) in [5, 5.41) is 0. The van der Waals surface area contributed by atoms with Crippen LogP contribution in [0.1, 0.15) is 18.1 Å². The van der Waals surface area contributed by atoms with E-state index >= 15 is 0 Å². The lowest BCUT2D eigenvalue weighted by Gasteiger charge is -2.15. The molecule has 0 fully saturated rings. The van der Waals surface area contributed by atoms with Crippen molar-refractivity contribution in [2.24, 2.45) is 7.05 Å². The van der Waals surface area contributed by atoms with E-state index in [1.807, 2.05) is 36.3 Å². The van der Waals surface area contributed by atoms with Gasteiger partial charge >= 0.3 is 0 Å². The molecule has 0 N–H and O–H groups in total. The van der Waals surface area contributed by atoms with Crippen LogP contribution in [0.3, 0.4) is 0 Å². The number of nitrogens with zero attached hydrogens (tertiary/aromatic N) is 3. The number of fused-ring (bicyclic) bond motifs is 2. The van der Waals surface area contributed by atoms with Crippen molar-refractivity contribution in [1.82, 2.24) is 14.5 Å². The number of hydrogen-bond donors (Lipinski definition) is 0. The van der Waals surface area contributed by atoms with Crippen LogP contribution in [0.2, 0.25) is 0 Å². The third-order valence-electron chi connectivity index (χ3n) is 5.67. The van der Waals surface area contributed by atoms with Crippen molar-refractivity contribution in [3.63, 3.8) is 0 Å². The van der Waals surface area contributed by atoms with Crippen molar-refractivity contribution >= 4 is 11.0 Å². The first kappa shape index (κ1) is 18.6. The molecule has 0 radical (unpaired) electrons. The molecular formula is C26H25N3O. The molecule has 150 valence electrons. The summed E-state index contributed by atoms with van der Waals surface area (Å²) in [6.07, 6.45) is 3.73. The number of benzene rings is 3. The van der Waals surface area contributed by atoms with Crippen LogP contribution in [0.15, 0.2) is 84.9 Å². The van der Waals surface area contributed by atoms with Gasteiger partial charge in [-0.1, -0.05) is 42.5 Å². The lowest BCUT2D eigenvalue weighted by atomic mass is 10.0. The molecule has 1 aliphatic rings. The molecule has 0 saturated heterocycles. The van der Waals surface area contributed by atoms with Crippen LogP contribution >= 0.6 is 0 Å². The second-order valence-electron chi connectivity index (χ2n) is 8.08. The van der Waals surface area contributed by atoms with Crippen LogP contribution in [0.25, 0.3) is 22.2 Å². The SMILES string of the molecule is C/C(=C\Oc1cccc(-c2ccc3ncn(C)c3c2)c1)CN1Cc2ccccc2C1. The first-order valence-corrected chi connectivity index (χ1v) is 10.3. The van der Waals surface area contributed by atoms with Gasteiger partial charge in [0.2, 0.25) is 0 Å². The minimum absolute atomic E-state index is 0.849. The summed E-state index contributed by atoms with van der Waals surface area (Å²) < 4.78 is 8.05. The quantitative estimate of drug-likeness (QED) is 0.416. The topological polar surface area (TPSA) is 30.3 Å². The van der Waals surface area contributed by atoms with Gasteiger partial charge < -0.3 is 9.30 Å². The fraction of sp³-hybridized carbons (Fsp3) is 0.192. The zero-order valence-corrected chi connectivity index (χ0v) is 17.4. The zero-order chi connectivity index (χ0) is 20.5. The van der Waals surface area contributed by atoms with Gasteiger partial charge in [0.25, 0.3) is 0 Å². The molecule has 5 rings (SSSR count). The van der Waals surface area contributed by atoms with Crippen LogP contribution in [-0.2, 0) is 20.1 Å². The van der Waals surface area contributed by atoms with Crippen LogP contribution in [0, 0.1) is 0 Å². The average Bonchev–Trinajstić information content (AvgIpc) is 3.35. The Morgan fingerprint density at radius 2 is 1.73 bits per heavy atom. The molecule has 0 amide bonds. The predicted molar refractivity (Wildman–Crippen MR) is 121 cm³/mol. The summed E-state index contributed by atoms with van der Waals surface area (Å²) in [6.45, 7) is 5.05. The largest absolute Gasteiger partial charge is 0.465 e. The molecule has 2 heterocycles. The van der Waals surface area contributed by atoms with Gasteiger partial charge in [0.1, 0.15) is 5.75 Å². The minimum Gasteiger partial charge on any atom is -0.465 e. The van der Waals surface area contributed by atoms with E-state index in [2.05, 4.69) is 71.4 Å². The van der Waals surface area contributed by atoms with Crippen molar-refractivity contribution < 1.29 is 4.74 Å². The molecule has 4 aromatic rings. The smallest absolute Gasteiger partial charge is 0.127 e. The predicted octanol–water partition coefficient (Wildman–Crippen LogP) is 5.54. The first-order chi connectivity index (χ1) is 14.7. The highest BCUT2D eigenvalue weighted by Crippen LogP contribution is 2.27. The number of aryl methyl sites for hydroxylation is 1. The fourth-order valence-electron chi connectivity index (χ4n) is 4.13. The monoisotopic (exact) mass is 395 g/mol. The molecule has 0 saturated carbocycles. The van der Waals surface area contributed by atoms with Gasteiger partial charge in [0.05, 0.1) is 23.6 Å². The molecule has 4 heteroatoms. The summed E-state index contributed by atoms with van der Waals surface area (Å²) in [6, 6.07) is 23.3. The van der Waals surface area contributed by atoms with E-state index in [1.54, 1.807) is 0 Å². The van der Waals surface area contributed by atoms with E-state index in [0.717, 1.165) is 47.5 Å². The number of imidazole rings is 1. The molecule has 0 aliphatic carbocycles. The van der Waals surface area contributed by atoms with Crippen molar-refractivity contribution in [3.8, 4) is 16.9 Å². The molecule has 3 aromatic carbocycles. The lowest BCUT2D eigenvalue weighted by molar-refractivity contribution is 0.306. The van der Waals surface area contributed by atoms with Gasteiger partial charge in [0, 0.05) is 26.7 Å². The van der Waals surface area contributed by atoms with E-state index in [0.29, 0.717) is 0 Å². The molecule has 0 bridgehead atoms. The zero-order valence-electron chi connectivity index (χ0n) is 17.4. The highest BCUT2D eigenvalue weighted by molar-refractivity contribution is 5.82. The van der Waals surface area contributed by atoms with Crippen molar-refractivity contribution in [2.45, 2.75) is 20.0 Å². The number of hydrogen-bond acceptors (Lipinski definition) is 3. The third kappa shape index (κ3) is 3.74. The van der Waals surface area contributed by atoms with E-state index in [1.165, 1.54) is 16.7 Å². The first-order valence-electron chi connectivity index (χ1n) is 10.3. The summed E-state index contributed by atoms with van der Waals surface area (Å²) in [7, 11) is 2.02. The van der Waals surface area contributed by atoms with Gasteiger partial charge in [-0.05, 0) is 59.0 Å². The van der Waals surface area contributed by atoms with Gasteiger partial charge in [-0.25, -0.2) is 4.98 Å². The highest BCUT2D eigenvalue weighted by atomic mass is 16.5. The van der Waals surface area contributed by atoms with Crippen LogP contribution in [0.5, 0.6) is 5.75 Å². The second-order valence-corrected chi connectivity index (χ2v) is 8.08. The number of aromatic nitrogens is 2. The Hall–Kier alpha value is -3.37. The Labute approximate surface area is 177 Å². The molecule has 1 aliphatic heterocycles. The van der Waals surface area contributed by atoms with E-state index in [4.69, 9.17) is 4.74 Å². The molecule has 0 atom stereocenters. The average molecular weight is 396 g/mol. The number of rotatable bonds is 5. The fourth-order valence-corrected chi connectivity index (χ4v) is 4.13. The Morgan fingerprint density at radius 3 is 2.53 bits per heavy atom. The Morgan fingerprint density at radius 1 is 0.967 bits per heavy atom. The Bertz CT molecular complexity index is 1210. The standard InChI is InChI=1S/C26H25N3O/c1-19(14-29-15-22-6-3-4-7-23(22)16-29)17-30-24-9-5-8-20(12-24)21-10-11-25-26(13-21)28(2)18-27-25/h3-13,17-18H,14-16H2,1-2H3/b19-17+. The minimum atomic E-state index is 0.849. The summed E-state index contributed by atoms with van der Waals surface area (Å²) in [4.78, 5) is 6.85. The second kappa shape index (κ2) is 7.81. The van der Waals surface area contributed by atoms with Crippen molar-refractivity contribution in [1.29, 1.82) is 0 Å². The summed E-state index contributed by atoms with van der Waals surface area (Å²) >= 11 is 0. The van der Waals surface area contributed by atoms with Crippen LogP contribution in [-0.4, -0.2) is 21.0 Å². The number of ether oxygens (including phenoxy) is 1. The molecule has 0 unspecified atom stereocenters. The third-order valence-corrected chi connectivity index (χ3v) is 5.67. The van der Waals surface area contributed by atoms with Gasteiger partial charge in [-0.3, -0.25) is 4.90 Å². The van der Waals surface area contributed by atoms with Gasteiger partial charge in [0.15, 0.2) is 0 Å². The molecule has 30 heavy (non-hydrogen) atoms. The maximum atomic E-state index is 6.01. The van der Waals surface area contributed by atoms with E-state index < -0.39 is 0 Å². The lowest BCUT2D eigenvalue weighted by Crippen LogP contribution is -2.18. The summed E-state index contributed by atoms with van der Waals surface area (Å²) in [5.41, 5.74) is 8.51. The molecule has 4 nitrogen and oxygen atoms in total. The van der Waals surface area contributed by atoms with Crippen molar-refractivity contribution in [2.75, 3.05) is 6.54 Å². The van der Waals surface area contributed by atoms with E-state index in [9.17, 15) is 0 Å². The van der Waals surface area contributed by atoms with Crippen LogP contribution in [0.4, 0.5) is 0 Å². The van der Waals surface area contributed by atoms with E-state index in [-0.39, 0.29) is 0 Å². The normalized spacial score (nSPS) is 14.3. The van der Waals surface area contributed by atoms with Gasteiger partial charge in [-0.15, -0.1) is 0 Å². The maximum absolute atomic E-state index is 6.01. The maximum Gasteiger partial charge on any atom is 0.127 e. The molecule has 0 spiro atoms. The Kier molecular flexibility index (Phi) is 4.85. The van der Waals surface area contributed by atoms with Crippen LogP contribution < -0.4 is 4.74 Å². The molecular weight excluding hydrogens is 370 g/mol. The highest BCUT2D eigenvalue weighted by Gasteiger charge is 2.18. The summed E-state index contributed by atoms with van der Waals surface area (Å²) in [5.74, 6) is 0.849. The van der Waals surface area contributed by atoms with Gasteiger partial charge in [-0.2, -0.15) is 0 Å². The Balaban J connectivity index is 1.28. The molecule has 1 aromatic heterocycles.